The number of quaternary nitrogens is 1. The van der Waals surface area contributed by atoms with Crippen molar-refractivity contribution in [2.24, 2.45) is 0 Å². The van der Waals surface area contributed by atoms with Gasteiger partial charge in [-0.15, -0.1) is 0 Å². The normalized spacial score (nSPS) is 12.4. The highest BCUT2D eigenvalue weighted by Crippen LogP contribution is 2.21. The van der Waals surface area contributed by atoms with Crippen molar-refractivity contribution < 1.29 is 9.78 Å². The molecule has 0 atom stereocenters. The van der Waals surface area contributed by atoms with Gasteiger partial charge in [0.2, 0.25) is 0 Å². The lowest BCUT2D eigenvalue weighted by atomic mass is 10.2. The molecule has 0 heterocycles. The van der Waals surface area contributed by atoms with Crippen LogP contribution in [0.4, 0.5) is 5.69 Å². The molecule has 0 N–H and O–H groups in total. The van der Waals surface area contributed by atoms with Gasteiger partial charge in [0.15, 0.2) is 11.5 Å². The monoisotopic (exact) mass is 249 g/mol. The second-order valence-corrected chi connectivity index (χ2v) is 4.98. The lowest BCUT2D eigenvalue weighted by Gasteiger charge is -2.23. The molecule has 1 aromatic rings. The molecule has 0 aliphatic rings. The fourth-order valence-corrected chi connectivity index (χ4v) is 1.46. The van der Waals surface area contributed by atoms with E-state index < -0.39 is 0 Å². The molecule has 3 heteroatoms. The van der Waals surface area contributed by atoms with Crippen LogP contribution in [0.1, 0.15) is 26.7 Å². The van der Waals surface area contributed by atoms with Gasteiger partial charge in [0.05, 0.1) is 21.1 Å². The van der Waals surface area contributed by atoms with E-state index in [1.165, 1.54) is 5.69 Å². The largest absolute Gasteiger partial charge is 0.298 e. The first-order valence-electron chi connectivity index (χ1n) is 6.33. The fraction of sp³-hybridized carbons (Fsp3) is 0.467. The Balaban J connectivity index is 2.62. The molecule has 0 aliphatic heterocycles. The molecule has 18 heavy (non-hydrogen) atoms. The molecule has 1 aromatic carbocycles. The third-order valence-electron chi connectivity index (χ3n) is 2.54. The van der Waals surface area contributed by atoms with Gasteiger partial charge in [0.1, 0.15) is 5.69 Å². The van der Waals surface area contributed by atoms with Crippen molar-refractivity contribution in [3.63, 3.8) is 0 Å². The number of hydrogen-bond acceptors (Lipinski definition) is 2. The second-order valence-electron chi connectivity index (χ2n) is 4.98. The lowest BCUT2D eigenvalue weighted by Crippen LogP contribution is -2.34. The maximum absolute atomic E-state index is 5.27. The summed E-state index contributed by atoms with van der Waals surface area (Å²) < 4.78 is 0.783. The van der Waals surface area contributed by atoms with Crippen molar-refractivity contribution in [1.82, 2.24) is 4.48 Å². The standard InChI is InChI=1S/C15H23NO2/c1-6-8-14(7-2)17-18-15-11-9-13(10-12-15)16(3,4)5/h9-12H,6-7H2,1-5H3/q+1. The Morgan fingerprint density at radius 2 is 1.72 bits per heavy atom. The molecule has 0 saturated carbocycles. The summed E-state index contributed by atoms with van der Waals surface area (Å²) in [6.07, 6.45) is 4.71. The Labute approximate surface area is 110 Å². The van der Waals surface area contributed by atoms with E-state index in [-0.39, 0.29) is 0 Å². The molecule has 1 radical (unpaired) electrons. The van der Waals surface area contributed by atoms with Crippen molar-refractivity contribution in [2.45, 2.75) is 26.7 Å². The van der Waals surface area contributed by atoms with Gasteiger partial charge in [-0.1, -0.05) is 13.8 Å². The van der Waals surface area contributed by atoms with E-state index in [4.69, 9.17) is 9.78 Å². The predicted octanol–water partition coefficient (Wildman–Crippen LogP) is 3.70. The van der Waals surface area contributed by atoms with Crippen LogP contribution < -0.4 is 9.37 Å². The molecule has 0 aromatic heterocycles. The summed E-state index contributed by atoms with van der Waals surface area (Å²) in [6.45, 7) is 4.04. The number of hydrogen-bond donors (Lipinski definition) is 0. The number of allylic oxidation sites excluding steroid dienone is 2. The zero-order valence-electron chi connectivity index (χ0n) is 12.0. The van der Waals surface area contributed by atoms with E-state index in [1.54, 1.807) is 0 Å². The number of nitrogens with zero attached hydrogens (tertiary/aromatic N) is 1. The summed E-state index contributed by atoms with van der Waals surface area (Å²) in [7, 11) is 6.38. The quantitative estimate of drug-likeness (QED) is 0.331. The zero-order chi connectivity index (χ0) is 13.6. The molecular formula is C15H23NO2+. The molecule has 0 spiro atoms. The summed E-state index contributed by atoms with van der Waals surface area (Å²) >= 11 is 0. The smallest absolute Gasteiger partial charge is 0.179 e. The summed E-state index contributed by atoms with van der Waals surface area (Å²) in [5.41, 5.74) is 1.22. The summed E-state index contributed by atoms with van der Waals surface area (Å²) in [5, 5.41) is 0. The molecule has 0 saturated heterocycles. The van der Waals surface area contributed by atoms with Crippen LogP contribution in [-0.4, -0.2) is 21.1 Å². The van der Waals surface area contributed by atoms with E-state index in [9.17, 15) is 0 Å². The van der Waals surface area contributed by atoms with Crippen LogP contribution in [-0.2, 0) is 4.89 Å². The summed E-state index contributed by atoms with van der Waals surface area (Å²) in [6, 6.07) is 7.91. The average molecular weight is 249 g/mol. The lowest BCUT2D eigenvalue weighted by molar-refractivity contribution is -0.169. The van der Waals surface area contributed by atoms with Gasteiger partial charge in [-0.2, -0.15) is 0 Å². The first-order chi connectivity index (χ1) is 8.47. The fourth-order valence-electron chi connectivity index (χ4n) is 1.46. The van der Waals surface area contributed by atoms with Crippen LogP contribution in [0.15, 0.2) is 30.0 Å². The van der Waals surface area contributed by atoms with E-state index in [0.29, 0.717) is 5.75 Å². The highest BCUT2D eigenvalue weighted by atomic mass is 17.2. The third-order valence-corrected chi connectivity index (χ3v) is 2.54. The van der Waals surface area contributed by atoms with Gasteiger partial charge in [0.25, 0.3) is 0 Å². The van der Waals surface area contributed by atoms with Crippen LogP contribution >= 0.6 is 0 Å². The van der Waals surface area contributed by atoms with E-state index in [1.807, 2.05) is 38.1 Å². The Morgan fingerprint density at radius 3 is 2.17 bits per heavy atom. The van der Waals surface area contributed by atoms with Crippen LogP contribution in [0, 0.1) is 6.08 Å². The van der Waals surface area contributed by atoms with E-state index in [0.717, 1.165) is 23.1 Å². The molecular weight excluding hydrogens is 226 g/mol. The SMILES string of the molecule is CC[C]=C(CC)OOc1ccc([N+](C)(C)C)cc1. The van der Waals surface area contributed by atoms with Crippen LogP contribution in [0.2, 0.25) is 0 Å². The molecule has 0 aliphatic carbocycles. The van der Waals surface area contributed by atoms with Gasteiger partial charge in [-0.25, -0.2) is 0 Å². The maximum Gasteiger partial charge on any atom is 0.179 e. The Hall–Kier alpha value is -1.48. The van der Waals surface area contributed by atoms with Crippen LogP contribution in [0.25, 0.3) is 0 Å². The van der Waals surface area contributed by atoms with Crippen molar-refractivity contribution in [2.75, 3.05) is 21.1 Å². The van der Waals surface area contributed by atoms with Gasteiger partial charge in [-0.05, 0) is 18.6 Å². The van der Waals surface area contributed by atoms with Crippen LogP contribution in [0.3, 0.4) is 0 Å². The van der Waals surface area contributed by atoms with Crippen LogP contribution in [0.5, 0.6) is 5.75 Å². The third kappa shape index (κ3) is 4.41. The highest BCUT2D eigenvalue weighted by molar-refractivity contribution is 5.44. The molecule has 0 bridgehead atoms. The molecule has 3 nitrogen and oxygen atoms in total. The minimum atomic E-state index is 0.705. The molecule has 0 amide bonds. The first-order valence-corrected chi connectivity index (χ1v) is 6.33. The summed E-state index contributed by atoms with van der Waals surface area (Å²) in [5.74, 6) is 1.45. The Bertz CT molecular complexity index is 388. The zero-order valence-corrected chi connectivity index (χ0v) is 12.0. The topological polar surface area (TPSA) is 18.5 Å². The number of benzene rings is 1. The van der Waals surface area contributed by atoms with Crippen molar-refractivity contribution in [3.05, 3.63) is 36.1 Å². The van der Waals surface area contributed by atoms with Gasteiger partial charge < -0.3 is 0 Å². The van der Waals surface area contributed by atoms with Crippen molar-refractivity contribution >= 4 is 5.69 Å². The molecule has 99 valence electrons. The van der Waals surface area contributed by atoms with Gasteiger partial charge >= 0.3 is 0 Å². The van der Waals surface area contributed by atoms with Gasteiger partial charge in [-0.3, -0.25) is 14.3 Å². The predicted molar refractivity (Wildman–Crippen MR) is 75.1 cm³/mol. The second kappa shape index (κ2) is 6.45. The van der Waals surface area contributed by atoms with E-state index in [2.05, 4.69) is 27.2 Å². The Morgan fingerprint density at radius 1 is 1.11 bits per heavy atom. The van der Waals surface area contributed by atoms with Crippen molar-refractivity contribution in [1.29, 1.82) is 0 Å². The highest BCUT2D eigenvalue weighted by Gasteiger charge is 2.11. The molecule has 1 rings (SSSR count). The number of rotatable bonds is 6. The summed E-state index contributed by atoms with van der Waals surface area (Å²) in [4.78, 5) is 10.5. The van der Waals surface area contributed by atoms with Crippen molar-refractivity contribution in [3.8, 4) is 5.75 Å². The molecule has 0 fully saturated rings. The Kier molecular flexibility index (Phi) is 5.23. The van der Waals surface area contributed by atoms with Gasteiger partial charge in [0, 0.05) is 24.6 Å². The average Bonchev–Trinajstić information content (AvgIpc) is 2.34. The minimum Gasteiger partial charge on any atom is -0.298 e. The first kappa shape index (κ1) is 14.6. The van der Waals surface area contributed by atoms with E-state index >= 15 is 0 Å². The maximum atomic E-state index is 5.27. The molecule has 0 unspecified atom stereocenters. The minimum absolute atomic E-state index is 0.705.